The number of hydrogen-bond donors (Lipinski definition) is 2. The maximum atomic E-state index is 5.21. The first-order chi connectivity index (χ1) is 11.6. The lowest BCUT2D eigenvalue weighted by Gasteiger charge is -2.17. The first kappa shape index (κ1) is 18.6. The van der Waals surface area contributed by atoms with Crippen LogP contribution in [0.5, 0.6) is 5.75 Å². The molecule has 1 aliphatic heterocycles. The molecular formula is C19H32N4O. The molecule has 0 amide bonds. The van der Waals surface area contributed by atoms with Crippen LogP contribution in [-0.4, -0.2) is 58.2 Å². The average Bonchev–Trinajstić information content (AvgIpc) is 3.03. The van der Waals surface area contributed by atoms with Crippen molar-refractivity contribution in [3.8, 4) is 5.75 Å². The summed E-state index contributed by atoms with van der Waals surface area (Å²) in [5, 5.41) is 6.88. The van der Waals surface area contributed by atoms with Gasteiger partial charge in [0.25, 0.3) is 0 Å². The summed E-state index contributed by atoms with van der Waals surface area (Å²) >= 11 is 0. The lowest BCUT2D eigenvalue weighted by atomic mass is 9.98. The third kappa shape index (κ3) is 5.71. The van der Waals surface area contributed by atoms with Gasteiger partial charge in [0.15, 0.2) is 5.96 Å². The first-order valence-electron chi connectivity index (χ1n) is 8.89. The van der Waals surface area contributed by atoms with Crippen molar-refractivity contribution in [1.29, 1.82) is 0 Å². The van der Waals surface area contributed by atoms with Crippen LogP contribution in [0.15, 0.2) is 29.3 Å². The number of benzene rings is 1. The molecule has 0 bridgehead atoms. The normalized spacial score (nSPS) is 20.0. The van der Waals surface area contributed by atoms with Crippen LogP contribution in [0.25, 0.3) is 0 Å². The van der Waals surface area contributed by atoms with Gasteiger partial charge in [0.05, 0.1) is 7.11 Å². The molecule has 134 valence electrons. The second-order valence-electron chi connectivity index (χ2n) is 6.76. The molecule has 0 aliphatic carbocycles. The van der Waals surface area contributed by atoms with Crippen molar-refractivity contribution in [3.63, 3.8) is 0 Å². The topological polar surface area (TPSA) is 48.9 Å². The summed E-state index contributed by atoms with van der Waals surface area (Å²) in [6, 6.07) is 8.34. The molecule has 2 atom stereocenters. The van der Waals surface area contributed by atoms with E-state index in [4.69, 9.17) is 4.74 Å². The van der Waals surface area contributed by atoms with Gasteiger partial charge in [-0.05, 0) is 56.0 Å². The van der Waals surface area contributed by atoms with E-state index in [0.717, 1.165) is 37.1 Å². The highest BCUT2D eigenvalue weighted by atomic mass is 16.5. The van der Waals surface area contributed by atoms with Gasteiger partial charge in [0.1, 0.15) is 5.75 Å². The molecule has 0 radical (unpaired) electrons. The minimum absolute atomic E-state index is 0.505. The first-order valence-corrected chi connectivity index (χ1v) is 8.89. The highest BCUT2D eigenvalue weighted by Crippen LogP contribution is 2.21. The molecule has 0 saturated carbocycles. The Morgan fingerprint density at radius 1 is 1.33 bits per heavy atom. The molecule has 2 N–H and O–H groups in total. The number of likely N-dealkylation sites (tertiary alicyclic amines) is 1. The standard InChI is InChI=1S/C19H32N4O/c1-15(17-5-7-18(24-4)8-6-17)9-11-21-19(20-2)22-13-16-10-12-23(3)14-16/h5-8,15-16H,9-14H2,1-4H3,(H2,20,21,22). The highest BCUT2D eigenvalue weighted by Gasteiger charge is 2.19. The molecule has 5 nitrogen and oxygen atoms in total. The molecule has 1 aliphatic rings. The molecule has 2 rings (SSSR count). The average molecular weight is 332 g/mol. The van der Waals surface area contributed by atoms with Crippen LogP contribution in [-0.2, 0) is 0 Å². The van der Waals surface area contributed by atoms with Crippen molar-refractivity contribution in [3.05, 3.63) is 29.8 Å². The van der Waals surface area contributed by atoms with E-state index in [1.165, 1.54) is 25.1 Å². The third-order valence-electron chi connectivity index (χ3n) is 4.83. The zero-order chi connectivity index (χ0) is 17.4. The minimum atomic E-state index is 0.505. The predicted molar refractivity (Wildman–Crippen MR) is 101 cm³/mol. The molecule has 1 saturated heterocycles. The van der Waals surface area contributed by atoms with Gasteiger partial charge in [-0.15, -0.1) is 0 Å². The molecule has 0 aromatic heterocycles. The molecule has 0 spiro atoms. The van der Waals surface area contributed by atoms with E-state index < -0.39 is 0 Å². The van der Waals surface area contributed by atoms with E-state index in [2.05, 4.69) is 46.6 Å². The molecular weight excluding hydrogens is 300 g/mol. The van der Waals surface area contributed by atoms with E-state index in [1.807, 2.05) is 19.2 Å². The smallest absolute Gasteiger partial charge is 0.190 e. The number of ether oxygens (including phenoxy) is 1. The van der Waals surface area contributed by atoms with Crippen LogP contribution >= 0.6 is 0 Å². The Hall–Kier alpha value is -1.75. The molecule has 24 heavy (non-hydrogen) atoms. The fraction of sp³-hybridized carbons (Fsp3) is 0.632. The van der Waals surface area contributed by atoms with Crippen LogP contribution in [0.1, 0.15) is 31.2 Å². The van der Waals surface area contributed by atoms with Crippen molar-refractivity contribution in [2.45, 2.75) is 25.7 Å². The van der Waals surface area contributed by atoms with Crippen LogP contribution in [0, 0.1) is 5.92 Å². The zero-order valence-electron chi connectivity index (χ0n) is 15.5. The Kier molecular flexibility index (Phi) is 7.37. The van der Waals surface area contributed by atoms with E-state index in [-0.39, 0.29) is 0 Å². The number of nitrogens with one attached hydrogen (secondary N) is 2. The highest BCUT2D eigenvalue weighted by molar-refractivity contribution is 5.79. The third-order valence-corrected chi connectivity index (χ3v) is 4.83. The largest absolute Gasteiger partial charge is 0.497 e. The van der Waals surface area contributed by atoms with Gasteiger partial charge in [-0.2, -0.15) is 0 Å². The summed E-state index contributed by atoms with van der Waals surface area (Å²) in [4.78, 5) is 6.71. The second-order valence-corrected chi connectivity index (χ2v) is 6.76. The van der Waals surface area contributed by atoms with Crippen molar-refractivity contribution < 1.29 is 4.74 Å². The van der Waals surface area contributed by atoms with Gasteiger partial charge in [0.2, 0.25) is 0 Å². The van der Waals surface area contributed by atoms with Gasteiger partial charge < -0.3 is 20.3 Å². The maximum Gasteiger partial charge on any atom is 0.190 e. The van der Waals surface area contributed by atoms with E-state index in [9.17, 15) is 0 Å². The van der Waals surface area contributed by atoms with Crippen LogP contribution in [0.3, 0.4) is 0 Å². The predicted octanol–water partition coefficient (Wildman–Crippen LogP) is 2.31. The molecule has 1 fully saturated rings. The monoisotopic (exact) mass is 332 g/mol. The fourth-order valence-corrected chi connectivity index (χ4v) is 3.16. The number of aliphatic imine (C=N–C) groups is 1. The second kappa shape index (κ2) is 9.52. The molecule has 2 unspecified atom stereocenters. The van der Waals surface area contributed by atoms with Crippen LogP contribution < -0.4 is 15.4 Å². The lowest BCUT2D eigenvalue weighted by molar-refractivity contribution is 0.394. The Bertz CT molecular complexity index is 515. The van der Waals surface area contributed by atoms with Gasteiger partial charge in [-0.3, -0.25) is 4.99 Å². The van der Waals surface area contributed by atoms with Crippen molar-refractivity contribution in [2.75, 3.05) is 47.4 Å². The summed E-state index contributed by atoms with van der Waals surface area (Å²) < 4.78 is 5.21. The number of nitrogens with zero attached hydrogens (tertiary/aromatic N) is 2. The Morgan fingerprint density at radius 2 is 2.08 bits per heavy atom. The van der Waals surface area contributed by atoms with E-state index >= 15 is 0 Å². The quantitative estimate of drug-likeness (QED) is 0.594. The Labute approximate surface area is 146 Å². The number of rotatable bonds is 7. The van der Waals surface area contributed by atoms with Crippen molar-refractivity contribution in [2.24, 2.45) is 10.9 Å². The minimum Gasteiger partial charge on any atom is -0.497 e. The number of hydrogen-bond acceptors (Lipinski definition) is 3. The summed E-state index contributed by atoms with van der Waals surface area (Å²) in [6.45, 7) is 6.56. The van der Waals surface area contributed by atoms with Crippen molar-refractivity contribution >= 4 is 5.96 Å². The van der Waals surface area contributed by atoms with Crippen LogP contribution in [0.2, 0.25) is 0 Å². The van der Waals surface area contributed by atoms with E-state index in [1.54, 1.807) is 7.11 Å². The van der Waals surface area contributed by atoms with Gasteiger partial charge in [-0.25, -0.2) is 0 Å². The molecule has 5 heteroatoms. The number of methoxy groups -OCH3 is 1. The summed E-state index contributed by atoms with van der Waals surface area (Å²) in [5.74, 6) is 3.05. The molecule has 1 aromatic rings. The van der Waals surface area contributed by atoms with Gasteiger partial charge in [-0.1, -0.05) is 19.1 Å². The summed E-state index contributed by atoms with van der Waals surface area (Å²) in [6.07, 6.45) is 2.34. The maximum absolute atomic E-state index is 5.21. The lowest BCUT2D eigenvalue weighted by Crippen LogP contribution is -2.40. The van der Waals surface area contributed by atoms with E-state index in [0.29, 0.717) is 5.92 Å². The van der Waals surface area contributed by atoms with Gasteiger partial charge in [0, 0.05) is 26.7 Å². The Balaban J connectivity index is 1.68. The summed E-state index contributed by atoms with van der Waals surface area (Å²) in [5.41, 5.74) is 1.34. The SMILES string of the molecule is CN=C(NCCC(C)c1ccc(OC)cc1)NCC1CCN(C)C1. The fourth-order valence-electron chi connectivity index (χ4n) is 3.16. The molecule has 1 aromatic carbocycles. The van der Waals surface area contributed by atoms with Crippen molar-refractivity contribution in [1.82, 2.24) is 15.5 Å². The van der Waals surface area contributed by atoms with Crippen LogP contribution in [0.4, 0.5) is 0 Å². The number of guanidine groups is 1. The Morgan fingerprint density at radius 3 is 2.67 bits per heavy atom. The summed E-state index contributed by atoms with van der Waals surface area (Å²) in [7, 11) is 5.72. The zero-order valence-corrected chi connectivity index (χ0v) is 15.5. The van der Waals surface area contributed by atoms with Gasteiger partial charge >= 0.3 is 0 Å². The molecule has 1 heterocycles.